The van der Waals surface area contributed by atoms with Crippen LogP contribution < -0.4 is 0 Å². The molecule has 0 bridgehead atoms. The van der Waals surface area contributed by atoms with Gasteiger partial charge in [-0.25, -0.2) is 0 Å². The van der Waals surface area contributed by atoms with Crippen LogP contribution in [0.1, 0.15) is 0 Å². The molecule has 1 aromatic heterocycles. The normalized spacial score (nSPS) is 11.8. The average Bonchev–Trinajstić information content (AvgIpc) is 3.56. The van der Waals surface area contributed by atoms with Gasteiger partial charge in [0.2, 0.25) is 0 Å². The van der Waals surface area contributed by atoms with Crippen LogP contribution in [0.5, 0.6) is 0 Å². The van der Waals surface area contributed by atoms with Gasteiger partial charge in [0.05, 0.1) is 11.0 Å². The summed E-state index contributed by atoms with van der Waals surface area (Å²) in [6.45, 7) is 0. The Kier molecular flexibility index (Phi) is 6.62. The summed E-state index contributed by atoms with van der Waals surface area (Å²) in [5.41, 5.74) is 10.9. The fourth-order valence-electron chi connectivity index (χ4n) is 8.73. The molecule has 53 heavy (non-hydrogen) atoms. The molecular formula is C52H33N. The molecular weight excluding hydrogens is 639 g/mol. The van der Waals surface area contributed by atoms with E-state index in [-0.39, 0.29) is 0 Å². The van der Waals surface area contributed by atoms with E-state index in [2.05, 4.69) is 205 Å². The first-order valence-corrected chi connectivity index (χ1v) is 18.3. The standard InChI is InChI=1S/C52H33N/c1-3-13-34(14-4-1)37-25-29-49-46(31-37)47-32-38(35-15-5-2-6-16-35)26-30-50(47)53(49)40-27-23-36(24-28-40)51-41-18-8-7-17-39(41)33-48-44-21-10-9-19-42(44)43-20-11-12-22-45(43)52(48)51/h1-33H. The molecule has 11 rings (SSSR count). The Bertz CT molecular complexity index is 3090. The Hall–Kier alpha value is -6.96. The molecule has 0 amide bonds. The molecule has 0 N–H and O–H groups in total. The van der Waals surface area contributed by atoms with E-state index in [0.717, 1.165) is 5.69 Å². The summed E-state index contributed by atoms with van der Waals surface area (Å²) < 4.78 is 2.43. The largest absolute Gasteiger partial charge is 0.309 e. The Morgan fingerprint density at radius 1 is 0.264 bits per heavy atom. The van der Waals surface area contributed by atoms with Crippen LogP contribution in [0.4, 0.5) is 0 Å². The van der Waals surface area contributed by atoms with Crippen molar-refractivity contribution >= 4 is 64.9 Å². The van der Waals surface area contributed by atoms with E-state index in [4.69, 9.17) is 0 Å². The number of hydrogen-bond donors (Lipinski definition) is 0. The van der Waals surface area contributed by atoms with E-state index in [0.29, 0.717) is 0 Å². The van der Waals surface area contributed by atoms with E-state index >= 15 is 0 Å². The lowest BCUT2D eigenvalue weighted by atomic mass is 9.86. The molecule has 0 saturated heterocycles. The molecule has 0 spiro atoms. The molecule has 0 aliphatic rings. The molecule has 1 heteroatoms. The second-order valence-corrected chi connectivity index (χ2v) is 14.1. The lowest BCUT2D eigenvalue weighted by Gasteiger charge is -2.18. The summed E-state index contributed by atoms with van der Waals surface area (Å²) in [6, 6.07) is 73.5. The van der Waals surface area contributed by atoms with Crippen LogP contribution in [0.2, 0.25) is 0 Å². The van der Waals surface area contributed by atoms with E-state index in [1.165, 1.54) is 98.3 Å². The summed E-state index contributed by atoms with van der Waals surface area (Å²) in [7, 11) is 0. The van der Waals surface area contributed by atoms with Gasteiger partial charge >= 0.3 is 0 Å². The Morgan fingerprint density at radius 3 is 1.30 bits per heavy atom. The van der Waals surface area contributed by atoms with Crippen molar-refractivity contribution in [2.24, 2.45) is 0 Å². The lowest BCUT2D eigenvalue weighted by Crippen LogP contribution is -1.94. The van der Waals surface area contributed by atoms with Gasteiger partial charge in [-0.2, -0.15) is 0 Å². The average molecular weight is 672 g/mol. The highest BCUT2D eigenvalue weighted by Crippen LogP contribution is 2.45. The van der Waals surface area contributed by atoms with Crippen molar-refractivity contribution in [2.75, 3.05) is 0 Å². The number of hydrogen-bond acceptors (Lipinski definition) is 0. The second-order valence-electron chi connectivity index (χ2n) is 14.1. The Morgan fingerprint density at radius 2 is 0.717 bits per heavy atom. The maximum Gasteiger partial charge on any atom is 0.0541 e. The van der Waals surface area contributed by atoms with Crippen LogP contribution >= 0.6 is 0 Å². The van der Waals surface area contributed by atoms with Gasteiger partial charge in [-0.1, -0.05) is 158 Å². The fourth-order valence-corrected chi connectivity index (χ4v) is 8.73. The van der Waals surface area contributed by atoms with Crippen molar-refractivity contribution in [1.29, 1.82) is 0 Å². The summed E-state index contributed by atoms with van der Waals surface area (Å²) in [6.07, 6.45) is 0. The smallest absolute Gasteiger partial charge is 0.0541 e. The van der Waals surface area contributed by atoms with Gasteiger partial charge in [0, 0.05) is 16.5 Å². The Labute approximate surface area is 307 Å². The van der Waals surface area contributed by atoms with Crippen molar-refractivity contribution in [3.63, 3.8) is 0 Å². The molecule has 0 aliphatic heterocycles. The molecule has 0 atom stereocenters. The van der Waals surface area contributed by atoms with Gasteiger partial charge < -0.3 is 4.57 Å². The monoisotopic (exact) mass is 671 g/mol. The summed E-state index contributed by atoms with van der Waals surface area (Å²) in [5, 5.41) is 12.8. The highest BCUT2D eigenvalue weighted by atomic mass is 15.0. The Balaban J connectivity index is 1.15. The molecule has 0 radical (unpaired) electrons. The van der Waals surface area contributed by atoms with Crippen molar-refractivity contribution < 1.29 is 0 Å². The second kappa shape index (κ2) is 11.8. The molecule has 11 aromatic rings. The zero-order valence-electron chi connectivity index (χ0n) is 29.0. The minimum Gasteiger partial charge on any atom is -0.309 e. The number of aromatic nitrogens is 1. The zero-order chi connectivity index (χ0) is 34.9. The van der Waals surface area contributed by atoms with Crippen molar-refractivity contribution in [3.05, 3.63) is 200 Å². The van der Waals surface area contributed by atoms with Crippen LogP contribution in [0.15, 0.2) is 200 Å². The minimum atomic E-state index is 1.15. The third kappa shape index (κ3) is 4.64. The van der Waals surface area contributed by atoms with Gasteiger partial charge in [-0.3, -0.25) is 0 Å². The quantitative estimate of drug-likeness (QED) is 0.130. The van der Waals surface area contributed by atoms with Crippen molar-refractivity contribution in [2.45, 2.75) is 0 Å². The third-order valence-corrected chi connectivity index (χ3v) is 11.1. The van der Waals surface area contributed by atoms with E-state index in [1.807, 2.05) is 0 Å². The molecule has 246 valence electrons. The predicted molar refractivity (Wildman–Crippen MR) is 227 cm³/mol. The van der Waals surface area contributed by atoms with Gasteiger partial charge in [-0.15, -0.1) is 0 Å². The van der Waals surface area contributed by atoms with Gasteiger partial charge in [0.15, 0.2) is 0 Å². The third-order valence-electron chi connectivity index (χ3n) is 11.1. The van der Waals surface area contributed by atoms with Gasteiger partial charge in [0.25, 0.3) is 0 Å². The van der Waals surface area contributed by atoms with E-state index < -0.39 is 0 Å². The molecule has 0 unspecified atom stereocenters. The first-order valence-electron chi connectivity index (χ1n) is 18.3. The maximum atomic E-state index is 2.43. The molecule has 0 saturated carbocycles. The first kappa shape index (κ1) is 29.7. The number of nitrogens with zero attached hydrogens (tertiary/aromatic N) is 1. The van der Waals surface area contributed by atoms with Crippen LogP contribution in [-0.4, -0.2) is 4.57 Å². The van der Waals surface area contributed by atoms with Gasteiger partial charge in [-0.05, 0) is 119 Å². The van der Waals surface area contributed by atoms with E-state index in [9.17, 15) is 0 Å². The highest BCUT2D eigenvalue weighted by Gasteiger charge is 2.18. The van der Waals surface area contributed by atoms with Crippen LogP contribution in [0.3, 0.4) is 0 Å². The number of benzene rings is 10. The molecule has 1 nitrogen and oxygen atoms in total. The van der Waals surface area contributed by atoms with Gasteiger partial charge in [0.1, 0.15) is 0 Å². The molecule has 0 aliphatic carbocycles. The van der Waals surface area contributed by atoms with Crippen LogP contribution in [0.25, 0.3) is 104 Å². The summed E-state index contributed by atoms with van der Waals surface area (Å²) in [5.74, 6) is 0. The highest BCUT2D eigenvalue weighted by molar-refractivity contribution is 6.32. The lowest BCUT2D eigenvalue weighted by molar-refractivity contribution is 1.18. The zero-order valence-corrected chi connectivity index (χ0v) is 29.0. The summed E-state index contributed by atoms with van der Waals surface area (Å²) >= 11 is 0. The predicted octanol–water partition coefficient (Wildman–Crippen LogP) is 14.4. The maximum absolute atomic E-state index is 2.43. The van der Waals surface area contributed by atoms with Crippen molar-refractivity contribution in [3.8, 4) is 39.1 Å². The van der Waals surface area contributed by atoms with Crippen LogP contribution in [-0.2, 0) is 0 Å². The molecule has 10 aromatic carbocycles. The van der Waals surface area contributed by atoms with Crippen LogP contribution in [0, 0.1) is 0 Å². The molecule has 0 fully saturated rings. The topological polar surface area (TPSA) is 4.93 Å². The summed E-state index contributed by atoms with van der Waals surface area (Å²) in [4.78, 5) is 0. The van der Waals surface area contributed by atoms with E-state index in [1.54, 1.807) is 0 Å². The minimum absolute atomic E-state index is 1.15. The number of rotatable bonds is 4. The fraction of sp³-hybridized carbons (Fsp3) is 0. The number of fused-ring (bicyclic) bond motifs is 10. The molecule has 1 heterocycles. The first-order chi connectivity index (χ1) is 26.3. The SMILES string of the molecule is c1ccc(-c2ccc3c(c2)c2cc(-c4ccccc4)ccc2n3-c2ccc(-c3c4ccccc4cc4c5ccccc5c5ccccc5c34)cc2)cc1. The van der Waals surface area contributed by atoms with Crippen molar-refractivity contribution in [1.82, 2.24) is 4.57 Å².